The number of ether oxygens (including phenoxy) is 4. The molecule has 1 saturated carbocycles. The van der Waals surface area contributed by atoms with Crippen LogP contribution in [0.3, 0.4) is 0 Å². The minimum atomic E-state index is -4.30. The number of alkyl halides is 1. The van der Waals surface area contributed by atoms with Gasteiger partial charge in [-0.2, -0.15) is 15.1 Å². The van der Waals surface area contributed by atoms with Crippen LogP contribution in [0.5, 0.6) is 5.75 Å². The maximum Gasteiger partial charge on any atom is 0.459 e. The highest BCUT2D eigenvalue weighted by atomic mass is 32.2. The lowest BCUT2D eigenvalue weighted by atomic mass is 9.76. The smallest absolute Gasteiger partial charge is 0.459 e. The number of aromatic amines is 2. The lowest BCUT2D eigenvalue weighted by Gasteiger charge is -2.41. The van der Waals surface area contributed by atoms with E-state index in [1.165, 1.54) is 42.4 Å². The number of nitrogens with zero attached hydrogens (tertiary/aromatic N) is 9. The number of cyclic esters (lactones) is 1. The number of carbonyl (C=O) groups excluding carboxylic acids is 3. The molecule has 11 N–H and O–H groups in total. The van der Waals surface area contributed by atoms with E-state index in [-0.39, 0.29) is 77.2 Å². The number of nitrogens with one attached hydrogen (secondary N) is 4. The third kappa shape index (κ3) is 21.7. The fourth-order valence-corrected chi connectivity index (χ4v) is 17.3. The van der Waals surface area contributed by atoms with Crippen molar-refractivity contribution in [2.24, 2.45) is 11.3 Å². The van der Waals surface area contributed by atoms with E-state index < -0.39 is 129 Å². The Morgan fingerprint density at radius 2 is 1.48 bits per heavy atom. The molecule has 1 unspecified atom stereocenters. The predicted molar refractivity (Wildman–Crippen MR) is 420 cm³/mol. The average molecular weight is 1660 g/mol. The van der Waals surface area contributed by atoms with Gasteiger partial charge in [0.2, 0.25) is 5.95 Å². The summed E-state index contributed by atoms with van der Waals surface area (Å²) in [6.45, 7) is 16.9. The van der Waals surface area contributed by atoms with Crippen molar-refractivity contribution in [2.45, 2.75) is 213 Å². The number of nitrogens with two attached hydrogens (primary N) is 1. The number of rotatable bonds is 31. The molecule has 3 fully saturated rings. The molecule has 2 aromatic carbocycles. The zero-order valence-electron chi connectivity index (χ0n) is 65.8. The standard InChI is InChI=1S/C29H37N5O3.C25H35N6O9PS.C22H29FN3O9P/c1-5-22-14-20(15-23(6-2)31-22)11-12-29(21-9-7-8-10-21)17-25(35)24(27(36)37-29)16-26-32-28-30-18(3)13-19(4)34(28)33-26;1-24(2,13-32)22(35)42-10-9-38-41(37,28-11-15-7-5-4-6-8-15)39-12-16-18(33)25(3,36)21(40-16)31-14-27-17-19(31)29-23(26)30-20(17)34;1-13(2)33-19(29)14(3)25-36(31,35-15-8-6-5-7-9-15)32-12-16-18(28)22(4,23)20(34-16)26-11-10-17(27)24-21(26)30/h13-15,21,35H,5-12,16-17H2,1-4H3;4-8,14,16,18,21,32-33,36H,9-13H2,1-3H3,(H,28,37)(H3,26,29,30,34);5-11,13-14,16,18,20,28H,12H2,1-4H3,(H,25,31)(H,24,27,30)/t29-;16-,18-,21-,25-,41?;14-,16+,18+,20+,22+,36-/m110/s1. The number of carbonyl (C=O) groups is 3. The quantitative estimate of drug-likeness (QED) is 0.0113. The van der Waals surface area contributed by atoms with Crippen LogP contribution in [0, 0.1) is 25.2 Å². The van der Waals surface area contributed by atoms with Crippen LogP contribution in [0.15, 0.2) is 123 Å². The highest BCUT2D eigenvalue weighted by Gasteiger charge is 2.57. The normalized spacial score (nSPS) is 23.7. The van der Waals surface area contributed by atoms with Crippen molar-refractivity contribution in [1.29, 1.82) is 0 Å². The van der Waals surface area contributed by atoms with E-state index in [1.807, 2.05) is 55.2 Å². The van der Waals surface area contributed by atoms with E-state index in [9.17, 15) is 63.4 Å². The number of para-hydroxylation sites is 1. The number of hydrogen-bond donors (Lipinski definition) is 10. The number of hydrogen-bond acceptors (Lipinski definition) is 29. The van der Waals surface area contributed by atoms with Crippen molar-refractivity contribution in [2.75, 3.05) is 37.9 Å². The van der Waals surface area contributed by atoms with Crippen LogP contribution in [0.25, 0.3) is 16.9 Å². The Kier molecular flexibility index (Phi) is 29.0. The molecule has 2 saturated heterocycles. The number of pyridine rings is 1. The van der Waals surface area contributed by atoms with Crippen molar-refractivity contribution < 1.29 is 90.5 Å². The molecule has 0 amide bonds. The summed E-state index contributed by atoms with van der Waals surface area (Å²) in [7, 11) is -8.34. The molecule has 12 rings (SSSR count). The number of benzene rings is 2. The molecule has 3 aliphatic heterocycles. The van der Waals surface area contributed by atoms with Crippen LogP contribution in [-0.2, 0) is 88.3 Å². The minimum absolute atomic E-state index is 0.0326. The highest BCUT2D eigenvalue weighted by molar-refractivity contribution is 8.13. The van der Waals surface area contributed by atoms with Crippen LogP contribution in [0.2, 0.25) is 0 Å². The number of anilines is 1. The van der Waals surface area contributed by atoms with Crippen LogP contribution in [0.4, 0.5) is 10.3 Å². The molecule has 9 heterocycles. The van der Waals surface area contributed by atoms with Gasteiger partial charge in [-0.05, 0) is 148 Å². The van der Waals surface area contributed by atoms with Crippen LogP contribution < -0.4 is 37.2 Å². The molecule has 39 heteroatoms. The first-order valence-corrected chi connectivity index (χ1v) is 41.9. The number of aryl methyl sites for hydroxylation is 5. The van der Waals surface area contributed by atoms with Crippen molar-refractivity contribution in [3.8, 4) is 5.75 Å². The van der Waals surface area contributed by atoms with E-state index in [1.54, 1.807) is 50.4 Å². The van der Waals surface area contributed by atoms with Crippen LogP contribution in [-0.4, -0.2) is 182 Å². The second-order valence-corrected chi connectivity index (χ2v) is 34.5. The number of fused-ring (bicyclic) bond motifs is 2. The number of H-pyrrole nitrogens is 2. The summed E-state index contributed by atoms with van der Waals surface area (Å²) in [6.07, 6.45) is 1.09. The van der Waals surface area contributed by atoms with Gasteiger partial charge >= 0.3 is 33.1 Å². The summed E-state index contributed by atoms with van der Waals surface area (Å²) >= 11 is 0.934. The van der Waals surface area contributed by atoms with Gasteiger partial charge in [-0.3, -0.25) is 56.8 Å². The van der Waals surface area contributed by atoms with Gasteiger partial charge in [0.05, 0.1) is 49.8 Å². The molecule has 4 aliphatic rings. The number of halogens is 1. The molecular formula is C76H101FN14O21P2S. The molecule has 624 valence electrons. The third-order valence-electron chi connectivity index (χ3n) is 20.0. The zero-order chi connectivity index (χ0) is 83.5. The molecule has 35 nitrogen and oxygen atoms in total. The molecule has 1 aliphatic carbocycles. The zero-order valence-corrected chi connectivity index (χ0v) is 68.4. The minimum Gasteiger partial charge on any atom is -0.512 e. The van der Waals surface area contributed by atoms with E-state index in [4.69, 9.17) is 47.8 Å². The highest BCUT2D eigenvalue weighted by Crippen LogP contribution is 2.50. The average Bonchev–Trinajstić information content (AvgIpc) is 1.65. The maximum absolute atomic E-state index is 15.4. The Hall–Kier alpha value is -8.78. The van der Waals surface area contributed by atoms with Gasteiger partial charge in [0.25, 0.3) is 16.9 Å². The Labute approximate surface area is 665 Å². The Morgan fingerprint density at radius 3 is 2.11 bits per heavy atom. The largest absolute Gasteiger partial charge is 0.512 e. The molecule has 12 atom stereocenters. The predicted octanol–water partition coefficient (Wildman–Crippen LogP) is 7.70. The Bertz CT molecular complexity index is 5040. The second-order valence-electron chi connectivity index (χ2n) is 29.9. The first-order valence-electron chi connectivity index (χ1n) is 37.8. The lowest BCUT2D eigenvalue weighted by Crippen LogP contribution is -2.46. The molecule has 8 aromatic rings. The fourth-order valence-electron chi connectivity index (χ4n) is 13.6. The van der Waals surface area contributed by atoms with Gasteiger partial charge in [-0.1, -0.05) is 87.0 Å². The van der Waals surface area contributed by atoms with Crippen molar-refractivity contribution in [3.05, 3.63) is 180 Å². The Balaban J connectivity index is 0.000000183. The first-order chi connectivity index (χ1) is 54.4. The molecular weight excluding hydrogens is 1560 g/mol. The molecule has 0 radical (unpaired) electrons. The monoisotopic (exact) mass is 1660 g/mol. The van der Waals surface area contributed by atoms with Crippen molar-refractivity contribution in [1.82, 2.24) is 63.8 Å². The van der Waals surface area contributed by atoms with Crippen LogP contribution >= 0.6 is 27.3 Å². The first kappa shape index (κ1) is 88.6. The summed E-state index contributed by atoms with van der Waals surface area (Å²) in [5, 5.41) is 62.8. The van der Waals surface area contributed by atoms with Gasteiger partial charge in [0.1, 0.15) is 53.2 Å². The van der Waals surface area contributed by atoms with E-state index in [0.29, 0.717) is 24.4 Å². The van der Waals surface area contributed by atoms with Gasteiger partial charge in [0, 0.05) is 60.2 Å². The summed E-state index contributed by atoms with van der Waals surface area (Å²) < 4.78 is 91.5. The maximum atomic E-state index is 15.4. The van der Waals surface area contributed by atoms with Crippen LogP contribution in [0.1, 0.15) is 153 Å². The number of thioether (sulfide) groups is 1. The number of aliphatic hydroxyl groups is 5. The van der Waals surface area contributed by atoms with Crippen molar-refractivity contribution in [3.63, 3.8) is 0 Å². The second kappa shape index (κ2) is 37.7. The van der Waals surface area contributed by atoms with Gasteiger partial charge in [0.15, 0.2) is 40.2 Å². The Morgan fingerprint density at radius 1 is 0.835 bits per heavy atom. The summed E-state index contributed by atoms with van der Waals surface area (Å²) in [6, 6.07) is 23.2. The molecule has 6 aromatic heterocycles. The SMILES string of the molecule is CC(C)(CO)C(=O)SCCOP(=O)(NCc1ccccc1)OC[C@H]1O[C@@H](n2cnc3c(=O)[nH]c(N)nc32)[C@](C)(O)[C@@H]1O.CC(C)OC(=O)[C@H](C)N[P@](=O)(OC[C@H]1O[C@@H](n2ccc(=O)[nH]c2=O)[C@](C)(F)[C@@H]1O)Oc1ccccc1.CCc1cc(CC[C@]2(C3CCCC3)CC(O)=C(Cc3nc4nc(C)cc(C)n4n3)C(=O)O2)cc(CC)n1. The van der Waals surface area contributed by atoms with E-state index >= 15 is 4.39 Å². The third-order valence-corrected chi connectivity index (χ3v) is 24.4. The molecule has 115 heavy (non-hydrogen) atoms. The number of imidazole rings is 1. The summed E-state index contributed by atoms with van der Waals surface area (Å²) in [5.41, 5.74) is 3.66. The molecule has 0 spiro atoms. The van der Waals surface area contributed by atoms with Gasteiger partial charge < -0.3 is 54.7 Å². The number of nitrogen functional groups attached to an aromatic ring is 1. The van der Waals surface area contributed by atoms with Gasteiger partial charge in [-0.15, -0.1) is 5.10 Å². The lowest BCUT2D eigenvalue weighted by molar-refractivity contribution is -0.167. The number of aromatic nitrogens is 11. The number of esters is 2. The molecule has 0 bridgehead atoms. The fraction of sp³-hybridized carbons (Fsp3) is 0.526. The summed E-state index contributed by atoms with van der Waals surface area (Å²) in [5.74, 6) is 0.266. The topological polar surface area (TPSA) is 485 Å². The van der Waals surface area contributed by atoms with E-state index in [0.717, 1.165) is 109 Å². The van der Waals surface area contributed by atoms with E-state index in [2.05, 4.69) is 66.2 Å². The van der Waals surface area contributed by atoms with Gasteiger partial charge in [-0.25, -0.2) is 42.7 Å². The number of aliphatic hydroxyl groups excluding tert-OH is 4. The summed E-state index contributed by atoms with van der Waals surface area (Å²) in [4.78, 5) is 99.7. The van der Waals surface area contributed by atoms with Crippen molar-refractivity contribution >= 4 is 67.2 Å².